The summed E-state index contributed by atoms with van der Waals surface area (Å²) in [6.45, 7) is 0. The normalized spacial score (nSPS) is 34.3. The molecule has 0 radical (unpaired) electrons. The van der Waals surface area contributed by atoms with E-state index in [1.54, 1.807) is 0 Å². The summed E-state index contributed by atoms with van der Waals surface area (Å²) in [5.41, 5.74) is -0.160. The molecule has 0 aromatic heterocycles. The van der Waals surface area contributed by atoms with E-state index in [9.17, 15) is 9.59 Å². The van der Waals surface area contributed by atoms with E-state index in [-0.39, 0.29) is 17.3 Å². The lowest BCUT2D eigenvalue weighted by atomic mass is 9.66. The molecule has 0 bridgehead atoms. The lowest BCUT2D eigenvalue weighted by molar-refractivity contribution is -0.144. The summed E-state index contributed by atoms with van der Waals surface area (Å²) in [6.07, 6.45) is 7.42. The van der Waals surface area contributed by atoms with Crippen molar-refractivity contribution in [3.63, 3.8) is 0 Å². The highest BCUT2D eigenvalue weighted by molar-refractivity contribution is 5.86. The third kappa shape index (κ3) is 1.87. The topological polar surface area (TPSA) is 43.4 Å². The van der Waals surface area contributed by atoms with Crippen molar-refractivity contribution in [2.24, 2.45) is 11.3 Å². The van der Waals surface area contributed by atoms with Gasteiger partial charge in [0.25, 0.3) is 0 Å². The molecule has 1 spiro atoms. The molecule has 0 amide bonds. The Hall–Kier alpha value is -0.860. The largest absolute Gasteiger partial charge is 0.469 e. The molecule has 2 saturated carbocycles. The fraction of sp³-hybridized carbons (Fsp3) is 0.846. The minimum Gasteiger partial charge on any atom is -0.469 e. The van der Waals surface area contributed by atoms with Crippen molar-refractivity contribution in [1.82, 2.24) is 0 Å². The van der Waals surface area contributed by atoms with Crippen molar-refractivity contribution in [3.8, 4) is 0 Å². The van der Waals surface area contributed by atoms with Gasteiger partial charge in [0.1, 0.15) is 5.78 Å². The van der Waals surface area contributed by atoms with Gasteiger partial charge >= 0.3 is 5.97 Å². The Morgan fingerprint density at radius 1 is 1.38 bits per heavy atom. The summed E-state index contributed by atoms with van der Waals surface area (Å²) >= 11 is 0. The number of esters is 1. The first-order chi connectivity index (χ1) is 7.69. The molecule has 0 unspecified atom stereocenters. The van der Waals surface area contributed by atoms with Crippen LogP contribution in [-0.2, 0) is 14.3 Å². The van der Waals surface area contributed by atoms with Crippen LogP contribution in [0, 0.1) is 11.3 Å². The van der Waals surface area contributed by atoms with Gasteiger partial charge in [-0.25, -0.2) is 0 Å². The molecule has 2 aliphatic carbocycles. The van der Waals surface area contributed by atoms with Gasteiger partial charge in [-0.2, -0.15) is 0 Å². The second-order valence-electron chi connectivity index (χ2n) is 5.16. The molecule has 2 fully saturated rings. The predicted molar refractivity (Wildman–Crippen MR) is 59.9 cm³/mol. The van der Waals surface area contributed by atoms with Gasteiger partial charge in [-0.1, -0.05) is 12.8 Å². The van der Waals surface area contributed by atoms with Gasteiger partial charge < -0.3 is 4.74 Å². The number of carbonyl (C=O) groups is 2. The van der Waals surface area contributed by atoms with Crippen molar-refractivity contribution in [3.05, 3.63) is 0 Å². The second-order valence-corrected chi connectivity index (χ2v) is 5.16. The van der Waals surface area contributed by atoms with Gasteiger partial charge in [0.15, 0.2) is 0 Å². The van der Waals surface area contributed by atoms with Crippen molar-refractivity contribution in [2.45, 2.75) is 51.4 Å². The van der Waals surface area contributed by atoms with Gasteiger partial charge in [0.05, 0.1) is 7.11 Å². The average Bonchev–Trinajstić information content (AvgIpc) is 2.67. The van der Waals surface area contributed by atoms with Gasteiger partial charge in [-0.05, 0) is 31.6 Å². The van der Waals surface area contributed by atoms with Crippen LogP contribution < -0.4 is 0 Å². The number of ketones is 1. The Bertz CT molecular complexity index is 298. The maximum atomic E-state index is 12.1. The highest BCUT2D eigenvalue weighted by Gasteiger charge is 2.49. The van der Waals surface area contributed by atoms with Crippen LogP contribution in [-0.4, -0.2) is 18.9 Å². The Morgan fingerprint density at radius 2 is 2.12 bits per heavy atom. The number of hydrogen-bond donors (Lipinski definition) is 0. The Morgan fingerprint density at radius 3 is 2.81 bits per heavy atom. The highest BCUT2D eigenvalue weighted by Crippen LogP contribution is 2.52. The maximum Gasteiger partial charge on any atom is 0.305 e. The van der Waals surface area contributed by atoms with E-state index >= 15 is 0 Å². The van der Waals surface area contributed by atoms with E-state index in [4.69, 9.17) is 4.74 Å². The summed E-state index contributed by atoms with van der Waals surface area (Å²) in [7, 11) is 1.42. The molecule has 2 atom stereocenters. The van der Waals surface area contributed by atoms with Crippen molar-refractivity contribution in [1.29, 1.82) is 0 Å². The summed E-state index contributed by atoms with van der Waals surface area (Å²) in [5, 5.41) is 0. The zero-order valence-electron chi connectivity index (χ0n) is 9.96. The first-order valence-electron chi connectivity index (χ1n) is 6.29. The maximum absolute atomic E-state index is 12.1. The SMILES string of the molecule is COC(=O)C[C@H]1CCC[C@]12CCCCC2=O. The first kappa shape index (κ1) is 11.6. The lowest BCUT2D eigenvalue weighted by Crippen LogP contribution is -2.38. The number of methoxy groups -OCH3 is 1. The summed E-state index contributed by atoms with van der Waals surface area (Å²) in [5.74, 6) is 0.488. The van der Waals surface area contributed by atoms with Gasteiger partial charge in [-0.15, -0.1) is 0 Å². The predicted octanol–water partition coefficient (Wildman–Crippen LogP) is 2.48. The Balaban J connectivity index is 2.11. The number of rotatable bonds is 2. The molecule has 0 aromatic carbocycles. The third-order valence-corrected chi connectivity index (χ3v) is 4.43. The van der Waals surface area contributed by atoms with Crippen LogP contribution in [0.25, 0.3) is 0 Å². The highest BCUT2D eigenvalue weighted by atomic mass is 16.5. The molecule has 2 aliphatic rings. The van der Waals surface area contributed by atoms with Crippen LogP contribution in [0.4, 0.5) is 0 Å². The number of Topliss-reactive ketones (excluding diaryl/α,β-unsaturated/α-hetero) is 1. The molecule has 0 aromatic rings. The second kappa shape index (κ2) is 4.56. The molecule has 3 nitrogen and oxygen atoms in total. The van der Waals surface area contributed by atoms with E-state index < -0.39 is 0 Å². The molecule has 16 heavy (non-hydrogen) atoms. The van der Waals surface area contributed by atoms with Crippen LogP contribution >= 0.6 is 0 Å². The molecule has 0 N–H and O–H groups in total. The molecule has 0 aliphatic heterocycles. The van der Waals surface area contributed by atoms with E-state index in [1.807, 2.05) is 0 Å². The van der Waals surface area contributed by atoms with Crippen molar-refractivity contribution in [2.75, 3.05) is 7.11 Å². The minimum absolute atomic E-state index is 0.160. The molecule has 0 saturated heterocycles. The van der Waals surface area contributed by atoms with Crippen LogP contribution in [0.2, 0.25) is 0 Å². The quantitative estimate of drug-likeness (QED) is 0.677. The number of hydrogen-bond acceptors (Lipinski definition) is 3. The summed E-state index contributed by atoms with van der Waals surface area (Å²) in [4.78, 5) is 23.5. The number of ether oxygens (including phenoxy) is 1. The van der Waals surface area contributed by atoms with Crippen molar-refractivity contribution >= 4 is 11.8 Å². The third-order valence-electron chi connectivity index (χ3n) is 4.43. The van der Waals surface area contributed by atoms with Crippen LogP contribution in [0.5, 0.6) is 0 Å². The van der Waals surface area contributed by atoms with Crippen LogP contribution in [0.1, 0.15) is 51.4 Å². The summed E-state index contributed by atoms with van der Waals surface area (Å²) < 4.78 is 4.73. The van der Waals surface area contributed by atoms with E-state index in [1.165, 1.54) is 7.11 Å². The summed E-state index contributed by atoms with van der Waals surface area (Å²) in [6, 6.07) is 0. The fourth-order valence-electron chi connectivity index (χ4n) is 3.54. The Labute approximate surface area is 96.5 Å². The standard InChI is InChI=1S/C13H20O3/c1-16-12(15)9-10-5-4-8-13(10)7-3-2-6-11(13)14/h10H,2-9H2,1H3/t10-,13-/m1/s1. The van der Waals surface area contributed by atoms with Gasteiger partial charge in [0, 0.05) is 18.3 Å². The minimum atomic E-state index is -0.162. The molecular formula is C13H20O3. The monoisotopic (exact) mass is 224 g/mol. The van der Waals surface area contributed by atoms with E-state index in [0.717, 1.165) is 44.9 Å². The van der Waals surface area contributed by atoms with Crippen LogP contribution in [0.3, 0.4) is 0 Å². The Kier molecular flexibility index (Phi) is 3.31. The van der Waals surface area contributed by atoms with E-state index in [2.05, 4.69) is 0 Å². The lowest BCUT2D eigenvalue weighted by Gasteiger charge is -2.37. The zero-order chi connectivity index (χ0) is 11.6. The molecular weight excluding hydrogens is 204 g/mol. The average molecular weight is 224 g/mol. The van der Waals surface area contributed by atoms with Gasteiger partial charge in [-0.3, -0.25) is 9.59 Å². The molecule has 2 rings (SSSR count). The van der Waals surface area contributed by atoms with Crippen molar-refractivity contribution < 1.29 is 14.3 Å². The van der Waals surface area contributed by atoms with Gasteiger partial charge in [0.2, 0.25) is 0 Å². The first-order valence-corrected chi connectivity index (χ1v) is 6.29. The van der Waals surface area contributed by atoms with E-state index in [0.29, 0.717) is 12.2 Å². The molecule has 90 valence electrons. The fourth-order valence-corrected chi connectivity index (χ4v) is 3.54. The smallest absolute Gasteiger partial charge is 0.305 e. The zero-order valence-corrected chi connectivity index (χ0v) is 9.96. The molecule has 0 heterocycles. The number of carbonyl (C=O) groups excluding carboxylic acids is 2. The molecule has 3 heteroatoms. The van der Waals surface area contributed by atoms with Crippen LogP contribution in [0.15, 0.2) is 0 Å².